The zero-order valence-corrected chi connectivity index (χ0v) is 10.5. The predicted molar refractivity (Wildman–Crippen MR) is 65.8 cm³/mol. The molecule has 2 rings (SSSR count). The highest BCUT2D eigenvalue weighted by Gasteiger charge is 2.18. The number of benzene rings is 1. The third-order valence-corrected chi connectivity index (χ3v) is 2.72. The first-order valence-corrected chi connectivity index (χ1v) is 5.65. The van der Waals surface area contributed by atoms with Crippen LogP contribution in [0.2, 0.25) is 0 Å². The summed E-state index contributed by atoms with van der Waals surface area (Å²) >= 11 is 0. The molecule has 0 aliphatic rings. The van der Waals surface area contributed by atoms with Crippen LogP contribution in [-0.4, -0.2) is 24.4 Å². The standard InChI is InChI=1S/C13H13F2N3O/c1-16-13(9-7-8(14)3-4-10(9)15)11-5-6-12(19-2)18-17-11/h3-7,13,16H,1-2H3. The summed E-state index contributed by atoms with van der Waals surface area (Å²) in [4.78, 5) is 0. The maximum Gasteiger partial charge on any atom is 0.233 e. The van der Waals surface area contributed by atoms with Gasteiger partial charge in [-0.05, 0) is 31.3 Å². The van der Waals surface area contributed by atoms with E-state index in [2.05, 4.69) is 15.5 Å². The molecule has 6 heteroatoms. The monoisotopic (exact) mass is 265 g/mol. The Morgan fingerprint density at radius 3 is 2.53 bits per heavy atom. The Hall–Kier alpha value is -2.08. The fourth-order valence-electron chi connectivity index (χ4n) is 1.79. The molecule has 100 valence electrons. The Morgan fingerprint density at radius 1 is 1.16 bits per heavy atom. The Morgan fingerprint density at radius 2 is 1.95 bits per heavy atom. The molecule has 1 N–H and O–H groups in total. The van der Waals surface area contributed by atoms with E-state index in [4.69, 9.17) is 4.74 Å². The number of halogens is 2. The van der Waals surface area contributed by atoms with Crippen LogP contribution < -0.4 is 10.1 Å². The van der Waals surface area contributed by atoms with Crippen molar-refractivity contribution in [3.05, 3.63) is 53.2 Å². The molecule has 0 amide bonds. The molecule has 2 aromatic rings. The number of hydrogen-bond acceptors (Lipinski definition) is 4. The predicted octanol–water partition coefficient (Wildman–Crippen LogP) is 2.07. The quantitative estimate of drug-likeness (QED) is 0.919. The smallest absolute Gasteiger partial charge is 0.233 e. The summed E-state index contributed by atoms with van der Waals surface area (Å²) < 4.78 is 31.9. The number of hydrogen-bond donors (Lipinski definition) is 1. The van der Waals surface area contributed by atoms with E-state index < -0.39 is 17.7 Å². The normalized spacial score (nSPS) is 12.2. The molecule has 1 aromatic carbocycles. The average Bonchev–Trinajstić information content (AvgIpc) is 2.44. The summed E-state index contributed by atoms with van der Waals surface area (Å²) in [6, 6.07) is 6.00. The van der Waals surface area contributed by atoms with Crippen LogP contribution in [0.15, 0.2) is 30.3 Å². The second-order valence-electron chi connectivity index (χ2n) is 3.89. The lowest BCUT2D eigenvalue weighted by atomic mass is 10.0. The first-order valence-electron chi connectivity index (χ1n) is 5.65. The first-order chi connectivity index (χ1) is 9.15. The molecule has 19 heavy (non-hydrogen) atoms. The zero-order chi connectivity index (χ0) is 13.8. The molecule has 1 aromatic heterocycles. The largest absolute Gasteiger partial charge is 0.480 e. The Balaban J connectivity index is 2.40. The van der Waals surface area contributed by atoms with Gasteiger partial charge < -0.3 is 10.1 Å². The van der Waals surface area contributed by atoms with Crippen LogP contribution in [0.25, 0.3) is 0 Å². The lowest BCUT2D eigenvalue weighted by Gasteiger charge is -2.16. The van der Waals surface area contributed by atoms with Crippen LogP contribution in [0.5, 0.6) is 5.88 Å². The van der Waals surface area contributed by atoms with E-state index in [0.717, 1.165) is 18.2 Å². The molecule has 1 atom stereocenters. The van der Waals surface area contributed by atoms with Gasteiger partial charge in [0.05, 0.1) is 18.8 Å². The van der Waals surface area contributed by atoms with Crippen LogP contribution in [0, 0.1) is 11.6 Å². The molecular weight excluding hydrogens is 252 g/mol. The summed E-state index contributed by atoms with van der Waals surface area (Å²) in [5.41, 5.74) is 0.662. The van der Waals surface area contributed by atoms with Gasteiger partial charge in [-0.25, -0.2) is 8.78 Å². The molecule has 0 saturated carbocycles. The maximum absolute atomic E-state index is 13.8. The van der Waals surface area contributed by atoms with Crippen LogP contribution in [0.3, 0.4) is 0 Å². The van der Waals surface area contributed by atoms with Crippen molar-refractivity contribution in [3.8, 4) is 5.88 Å². The van der Waals surface area contributed by atoms with Crippen molar-refractivity contribution in [2.75, 3.05) is 14.2 Å². The van der Waals surface area contributed by atoms with E-state index >= 15 is 0 Å². The van der Waals surface area contributed by atoms with Gasteiger partial charge >= 0.3 is 0 Å². The number of nitrogens with one attached hydrogen (secondary N) is 1. The topological polar surface area (TPSA) is 47.0 Å². The maximum atomic E-state index is 13.8. The van der Waals surface area contributed by atoms with E-state index in [9.17, 15) is 8.78 Å². The lowest BCUT2D eigenvalue weighted by Crippen LogP contribution is -2.20. The summed E-state index contributed by atoms with van der Waals surface area (Å²) in [5.74, 6) is -0.644. The van der Waals surface area contributed by atoms with Gasteiger partial charge in [-0.2, -0.15) is 0 Å². The van der Waals surface area contributed by atoms with E-state index in [1.807, 2.05) is 0 Å². The van der Waals surface area contributed by atoms with Crippen molar-refractivity contribution in [3.63, 3.8) is 0 Å². The number of ether oxygens (including phenoxy) is 1. The zero-order valence-electron chi connectivity index (χ0n) is 10.5. The highest BCUT2D eigenvalue weighted by molar-refractivity contribution is 5.29. The van der Waals surface area contributed by atoms with Gasteiger partial charge in [0, 0.05) is 11.6 Å². The Kier molecular flexibility index (Phi) is 4.01. The van der Waals surface area contributed by atoms with Crippen molar-refractivity contribution in [2.45, 2.75) is 6.04 Å². The molecule has 0 radical (unpaired) electrons. The fraction of sp³-hybridized carbons (Fsp3) is 0.231. The Bertz CT molecular complexity index is 560. The molecule has 1 heterocycles. The highest BCUT2D eigenvalue weighted by Crippen LogP contribution is 2.23. The minimum atomic E-state index is -0.575. The summed E-state index contributed by atoms with van der Waals surface area (Å²) in [5, 5.41) is 10.6. The number of aromatic nitrogens is 2. The second-order valence-corrected chi connectivity index (χ2v) is 3.89. The molecule has 1 unspecified atom stereocenters. The average molecular weight is 265 g/mol. The third-order valence-electron chi connectivity index (χ3n) is 2.72. The third kappa shape index (κ3) is 2.85. The molecule has 0 fully saturated rings. The van der Waals surface area contributed by atoms with E-state index in [1.54, 1.807) is 19.2 Å². The Labute approximate surface area is 109 Å². The molecular formula is C13H13F2N3O. The second kappa shape index (κ2) is 5.71. The molecule has 0 aliphatic heterocycles. The summed E-state index contributed by atoms with van der Waals surface area (Å²) in [7, 11) is 3.12. The van der Waals surface area contributed by atoms with Crippen molar-refractivity contribution < 1.29 is 13.5 Å². The lowest BCUT2D eigenvalue weighted by molar-refractivity contribution is 0.390. The van der Waals surface area contributed by atoms with Gasteiger partial charge in [0.15, 0.2) is 0 Å². The SMILES string of the molecule is CNC(c1ccc(OC)nn1)c1cc(F)ccc1F. The van der Waals surface area contributed by atoms with E-state index in [-0.39, 0.29) is 5.56 Å². The number of methoxy groups -OCH3 is 1. The van der Waals surface area contributed by atoms with Crippen molar-refractivity contribution in [2.24, 2.45) is 0 Å². The highest BCUT2D eigenvalue weighted by atomic mass is 19.1. The van der Waals surface area contributed by atoms with Gasteiger partial charge in [0.25, 0.3) is 0 Å². The molecule has 0 bridgehead atoms. The summed E-state index contributed by atoms with van der Waals surface area (Å²) in [6.45, 7) is 0. The molecule has 0 aliphatic carbocycles. The van der Waals surface area contributed by atoms with Crippen molar-refractivity contribution >= 4 is 0 Å². The van der Waals surface area contributed by atoms with Crippen LogP contribution in [0.1, 0.15) is 17.3 Å². The molecule has 0 saturated heterocycles. The van der Waals surface area contributed by atoms with Crippen molar-refractivity contribution in [1.29, 1.82) is 0 Å². The van der Waals surface area contributed by atoms with Gasteiger partial charge in [-0.1, -0.05) is 0 Å². The summed E-state index contributed by atoms with van der Waals surface area (Å²) in [6.07, 6.45) is 0. The number of nitrogens with zero attached hydrogens (tertiary/aromatic N) is 2. The van der Waals surface area contributed by atoms with Gasteiger partial charge in [-0.3, -0.25) is 0 Å². The van der Waals surface area contributed by atoms with Gasteiger partial charge in [-0.15, -0.1) is 10.2 Å². The minimum absolute atomic E-state index is 0.182. The minimum Gasteiger partial charge on any atom is -0.480 e. The molecule has 0 spiro atoms. The van der Waals surface area contributed by atoms with Crippen LogP contribution in [0.4, 0.5) is 8.78 Å². The van der Waals surface area contributed by atoms with Gasteiger partial charge in [0.1, 0.15) is 11.6 Å². The van der Waals surface area contributed by atoms with Crippen molar-refractivity contribution in [1.82, 2.24) is 15.5 Å². The van der Waals surface area contributed by atoms with Gasteiger partial charge in [0.2, 0.25) is 5.88 Å². The van der Waals surface area contributed by atoms with Crippen LogP contribution in [-0.2, 0) is 0 Å². The first kappa shape index (κ1) is 13.4. The van der Waals surface area contributed by atoms with E-state index in [0.29, 0.717) is 11.6 Å². The van der Waals surface area contributed by atoms with E-state index in [1.165, 1.54) is 7.11 Å². The van der Waals surface area contributed by atoms with Crippen LogP contribution >= 0.6 is 0 Å². The number of rotatable bonds is 4. The fourth-order valence-corrected chi connectivity index (χ4v) is 1.79. The molecule has 4 nitrogen and oxygen atoms in total.